The molecule has 0 spiro atoms. The number of carbonyl (C=O) groups is 3. The number of carbonyl (C=O) groups excluding carboxylic acids is 3. The highest BCUT2D eigenvalue weighted by molar-refractivity contribution is 14.1. The van der Waals surface area contributed by atoms with E-state index < -0.39 is 53.3 Å². The first kappa shape index (κ1) is 37.0. The summed E-state index contributed by atoms with van der Waals surface area (Å²) in [5.74, 6) is -0.555. The average molecular weight is 793 g/mol. The van der Waals surface area contributed by atoms with Gasteiger partial charge in [0.2, 0.25) is 0 Å². The topological polar surface area (TPSA) is 105 Å². The van der Waals surface area contributed by atoms with Crippen molar-refractivity contribution in [1.82, 2.24) is 10.2 Å². The standard InChI is InChI=1S/C33H31F6IN2O6/c1-5-6-20-15-22(31(46,32(34,35)36)33(37,38)39)10-14-26(20)48-27-13-7-19(16-24(27)40)25(43)17-42-28(44)30(4,41-29(42)45)21-8-11-23(12-9-21)47-18(2)3/h7-16,18,46H,5-6,17H2,1-4H3,(H,41,45). The maximum atomic E-state index is 13.5. The van der Waals surface area contributed by atoms with Crippen molar-refractivity contribution in [1.29, 1.82) is 0 Å². The molecule has 1 saturated heterocycles. The fraction of sp³-hybridized carbons (Fsp3) is 0.364. The lowest BCUT2D eigenvalue weighted by molar-refractivity contribution is -0.376. The van der Waals surface area contributed by atoms with Crippen molar-refractivity contribution in [2.45, 2.75) is 70.1 Å². The minimum atomic E-state index is -6.04. The molecule has 3 aromatic carbocycles. The van der Waals surface area contributed by atoms with Gasteiger partial charge >= 0.3 is 18.4 Å². The first-order valence-corrected chi connectivity index (χ1v) is 15.7. The quantitative estimate of drug-likeness (QED) is 0.0890. The van der Waals surface area contributed by atoms with Crippen LogP contribution >= 0.6 is 22.6 Å². The molecule has 1 aliphatic rings. The monoisotopic (exact) mass is 792 g/mol. The predicted octanol–water partition coefficient (Wildman–Crippen LogP) is 7.79. The van der Waals surface area contributed by atoms with Crippen LogP contribution in [0.3, 0.4) is 0 Å². The number of urea groups is 1. The van der Waals surface area contributed by atoms with E-state index in [2.05, 4.69) is 5.32 Å². The molecule has 1 unspecified atom stereocenters. The number of nitrogens with zero attached hydrogens (tertiary/aromatic N) is 1. The molecule has 8 nitrogen and oxygen atoms in total. The van der Waals surface area contributed by atoms with E-state index in [4.69, 9.17) is 9.47 Å². The molecule has 0 radical (unpaired) electrons. The molecule has 1 heterocycles. The molecular formula is C33H31F6IN2O6. The number of ketones is 1. The number of aliphatic hydroxyl groups is 1. The van der Waals surface area contributed by atoms with Gasteiger partial charge in [0.25, 0.3) is 11.5 Å². The maximum Gasteiger partial charge on any atom is 0.430 e. The van der Waals surface area contributed by atoms with Gasteiger partial charge in [0.1, 0.15) is 22.8 Å². The van der Waals surface area contributed by atoms with Crippen molar-refractivity contribution in [2.24, 2.45) is 0 Å². The fourth-order valence-electron chi connectivity index (χ4n) is 5.14. The number of amides is 3. The highest BCUT2D eigenvalue weighted by Crippen LogP contribution is 2.50. The number of alkyl halides is 6. The van der Waals surface area contributed by atoms with Crippen LogP contribution in [-0.4, -0.2) is 52.7 Å². The third-order valence-corrected chi connectivity index (χ3v) is 8.52. The average Bonchev–Trinajstić information content (AvgIpc) is 3.21. The molecule has 0 saturated carbocycles. The van der Waals surface area contributed by atoms with Crippen molar-refractivity contribution in [3.8, 4) is 17.2 Å². The number of ether oxygens (including phenoxy) is 2. The van der Waals surface area contributed by atoms with E-state index in [0.717, 1.165) is 11.0 Å². The molecule has 258 valence electrons. The molecule has 0 aliphatic carbocycles. The molecule has 3 amide bonds. The Bertz CT molecular complexity index is 1700. The van der Waals surface area contributed by atoms with Crippen LogP contribution in [-0.2, 0) is 22.4 Å². The Hall–Kier alpha value is -3.86. The number of hydrogen-bond acceptors (Lipinski definition) is 6. The lowest BCUT2D eigenvalue weighted by Gasteiger charge is -2.33. The number of imide groups is 1. The van der Waals surface area contributed by atoms with Gasteiger partial charge < -0.3 is 19.9 Å². The van der Waals surface area contributed by atoms with Gasteiger partial charge in [0, 0.05) is 11.1 Å². The SMILES string of the molecule is CCCc1cc(C(O)(C(F)(F)F)C(F)(F)F)ccc1Oc1ccc(C(=O)CN2C(=O)NC(C)(c3ccc(OC(C)C)cc3)C2=O)cc1I. The van der Waals surface area contributed by atoms with Crippen LogP contribution in [0.25, 0.3) is 0 Å². The molecular weight excluding hydrogens is 761 g/mol. The molecule has 1 aliphatic heterocycles. The summed E-state index contributed by atoms with van der Waals surface area (Å²) < 4.78 is 92.6. The number of benzene rings is 3. The number of halogens is 7. The lowest BCUT2D eigenvalue weighted by Crippen LogP contribution is -2.53. The summed E-state index contributed by atoms with van der Waals surface area (Å²) in [4.78, 5) is 40.2. The summed E-state index contributed by atoms with van der Waals surface area (Å²) in [5.41, 5.74) is -7.33. The zero-order valence-electron chi connectivity index (χ0n) is 26.1. The highest BCUT2D eigenvalue weighted by Gasteiger charge is 2.71. The second-order valence-corrected chi connectivity index (χ2v) is 12.7. The molecule has 0 bridgehead atoms. The van der Waals surface area contributed by atoms with E-state index in [1.165, 1.54) is 25.1 Å². The number of hydrogen-bond donors (Lipinski definition) is 2. The van der Waals surface area contributed by atoms with Gasteiger partial charge in [-0.15, -0.1) is 0 Å². The maximum absolute atomic E-state index is 13.5. The van der Waals surface area contributed by atoms with E-state index in [0.29, 0.717) is 33.4 Å². The second kappa shape index (κ2) is 13.6. The van der Waals surface area contributed by atoms with Gasteiger partial charge in [-0.25, -0.2) is 4.79 Å². The molecule has 2 N–H and O–H groups in total. The second-order valence-electron chi connectivity index (χ2n) is 11.6. The van der Waals surface area contributed by atoms with Crippen LogP contribution < -0.4 is 14.8 Å². The van der Waals surface area contributed by atoms with Crippen molar-refractivity contribution in [3.05, 3.63) is 86.5 Å². The van der Waals surface area contributed by atoms with Crippen molar-refractivity contribution >= 4 is 40.3 Å². The molecule has 48 heavy (non-hydrogen) atoms. The Morgan fingerprint density at radius 2 is 1.56 bits per heavy atom. The summed E-state index contributed by atoms with van der Waals surface area (Å²) in [6, 6.07) is 12.0. The normalized spacial score (nSPS) is 17.1. The number of rotatable bonds is 11. The third kappa shape index (κ3) is 7.11. The third-order valence-electron chi connectivity index (χ3n) is 7.67. The first-order valence-electron chi connectivity index (χ1n) is 14.6. The number of aryl methyl sites for hydroxylation is 1. The Labute approximate surface area is 285 Å². The van der Waals surface area contributed by atoms with Crippen molar-refractivity contribution in [3.63, 3.8) is 0 Å². The van der Waals surface area contributed by atoms with Gasteiger partial charge in [-0.05, 0) is 103 Å². The van der Waals surface area contributed by atoms with Gasteiger partial charge in [-0.3, -0.25) is 14.5 Å². The van der Waals surface area contributed by atoms with Crippen molar-refractivity contribution < 1.29 is 55.3 Å². The van der Waals surface area contributed by atoms with Gasteiger partial charge in [0.05, 0.1) is 16.2 Å². The van der Waals surface area contributed by atoms with Crippen LogP contribution in [0.15, 0.2) is 60.7 Å². The molecule has 1 fully saturated rings. The highest BCUT2D eigenvalue weighted by atomic mass is 127. The largest absolute Gasteiger partial charge is 0.491 e. The zero-order chi connectivity index (χ0) is 35.8. The van der Waals surface area contributed by atoms with E-state index in [1.807, 2.05) is 36.4 Å². The zero-order valence-corrected chi connectivity index (χ0v) is 28.2. The molecule has 1 atom stereocenters. The van der Waals surface area contributed by atoms with Gasteiger partial charge in [0.15, 0.2) is 5.78 Å². The summed E-state index contributed by atoms with van der Waals surface area (Å²) in [5, 5.41) is 12.5. The Morgan fingerprint density at radius 3 is 2.10 bits per heavy atom. The van der Waals surface area contributed by atoms with Crippen LogP contribution in [0.1, 0.15) is 61.2 Å². The molecule has 15 heteroatoms. The summed E-state index contributed by atoms with van der Waals surface area (Å²) in [6.07, 6.45) is -11.8. The summed E-state index contributed by atoms with van der Waals surface area (Å²) in [7, 11) is 0. The van der Waals surface area contributed by atoms with E-state index in [1.54, 1.807) is 31.2 Å². The smallest absolute Gasteiger partial charge is 0.430 e. The summed E-state index contributed by atoms with van der Waals surface area (Å²) in [6.45, 7) is 6.34. The number of Topliss-reactive ketones (excluding diaryl/α,β-unsaturated/α-hetero) is 1. The number of nitrogens with one attached hydrogen (secondary N) is 1. The van der Waals surface area contributed by atoms with Crippen LogP contribution in [0.5, 0.6) is 17.2 Å². The Kier molecular flexibility index (Phi) is 10.4. The predicted molar refractivity (Wildman–Crippen MR) is 170 cm³/mol. The first-order chi connectivity index (χ1) is 22.2. The Morgan fingerprint density at radius 1 is 0.958 bits per heavy atom. The Balaban J connectivity index is 1.53. The van der Waals surface area contributed by atoms with Gasteiger partial charge in [-0.1, -0.05) is 31.5 Å². The van der Waals surface area contributed by atoms with Crippen LogP contribution in [0, 0.1) is 3.57 Å². The van der Waals surface area contributed by atoms with E-state index in [9.17, 15) is 45.8 Å². The minimum absolute atomic E-state index is 0.0124. The minimum Gasteiger partial charge on any atom is -0.491 e. The lowest BCUT2D eigenvalue weighted by atomic mass is 9.90. The molecule has 3 aromatic rings. The van der Waals surface area contributed by atoms with Crippen molar-refractivity contribution in [2.75, 3.05) is 6.54 Å². The van der Waals surface area contributed by atoms with E-state index >= 15 is 0 Å². The van der Waals surface area contributed by atoms with Crippen LogP contribution in [0.4, 0.5) is 31.1 Å². The fourth-order valence-corrected chi connectivity index (χ4v) is 5.77. The van der Waals surface area contributed by atoms with E-state index in [-0.39, 0.29) is 35.2 Å². The summed E-state index contributed by atoms with van der Waals surface area (Å²) >= 11 is 1.83. The molecule has 4 rings (SSSR count). The van der Waals surface area contributed by atoms with Crippen LogP contribution in [0.2, 0.25) is 0 Å². The molecule has 0 aromatic heterocycles. The van der Waals surface area contributed by atoms with Gasteiger partial charge in [-0.2, -0.15) is 26.3 Å².